The average molecular weight is 348 g/mol. The monoisotopic (exact) mass is 348 g/mol. The van der Waals surface area contributed by atoms with Crippen LogP contribution in [0.2, 0.25) is 0 Å². The average Bonchev–Trinajstić information content (AvgIpc) is 3.09. The highest BCUT2D eigenvalue weighted by Gasteiger charge is 2.26. The number of hydrogen-bond donors (Lipinski definition) is 1. The molecule has 132 valence electrons. The van der Waals surface area contributed by atoms with Crippen LogP contribution in [0.5, 0.6) is 0 Å². The third-order valence-corrected chi connectivity index (χ3v) is 4.95. The Labute approximate surface area is 151 Å². The molecule has 0 saturated heterocycles. The maximum absolute atomic E-state index is 11.7. The van der Waals surface area contributed by atoms with Crippen LogP contribution < -0.4 is 4.90 Å². The number of nitrogens with zero attached hydrogens (tertiary/aromatic N) is 4. The van der Waals surface area contributed by atoms with Gasteiger partial charge in [0.05, 0.1) is 5.69 Å². The second-order valence-electron chi connectivity index (χ2n) is 6.68. The van der Waals surface area contributed by atoms with Crippen molar-refractivity contribution in [1.29, 1.82) is 0 Å². The molecule has 0 radical (unpaired) electrons. The van der Waals surface area contributed by atoms with Crippen LogP contribution in [0.15, 0.2) is 42.5 Å². The van der Waals surface area contributed by atoms with Crippen LogP contribution in [0, 0.1) is 13.8 Å². The van der Waals surface area contributed by atoms with Crippen molar-refractivity contribution in [3.8, 4) is 5.69 Å². The van der Waals surface area contributed by atoms with Gasteiger partial charge < -0.3 is 10.0 Å². The number of hydrogen-bond acceptors (Lipinski definition) is 4. The first-order valence-corrected chi connectivity index (χ1v) is 8.63. The minimum Gasteiger partial charge on any atom is -0.476 e. The number of aryl methyl sites for hydroxylation is 2. The molecule has 4 rings (SSSR count). The Morgan fingerprint density at radius 3 is 2.54 bits per heavy atom. The lowest BCUT2D eigenvalue weighted by Crippen LogP contribution is -2.31. The van der Waals surface area contributed by atoms with Crippen LogP contribution in [0.1, 0.15) is 32.7 Å². The molecule has 0 unspecified atom stereocenters. The van der Waals surface area contributed by atoms with Gasteiger partial charge in [-0.2, -0.15) is 0 Å². The number of fused-ring (bicyclic) bond motifs is 1. The van der Waals surface area contributed by atoms with Crippen molar-refractivity contribution in [3.05, 3.63) is 70.4 Å². The molecule has 3 aromatic rings. The highest BCUT2D eigenvalue weighted by molar-refractivity contribution is 5.91. The largest absolute Gasteiger partial charge is 0.476 e. The van der Waals surface area contributed by atoms with Crippen LogP contribution in [0.3, 0.4) is 0 Å². The zero-order valence-corrected chi connectivity index (χ0v) is 14.8. The number of rotatable bonds is 3. The molecule has 0 amide bonds. The fourth-order valence-electron chi connectivity index (χ4n) is 3.29. The predicted octanol–water partition coefficient (Wildman–Crippen LogP) is 3.15. The summed E-state index contributed by atoms with van der Waals surface area (Å²) in [6.45, 7) is 5.42. The van der Waals surface area contributed by atoms with E-state index < -0.39 is 5.97 Å². The fraction of sp³-hybridized carbons (Fsp3) is 0.250. The van der Waals surface area contributed by atoms with E-state index in [1.807, 2.05) is 49.1 Å². The number of aromatic nitrogens is 3. The van der Waals surface area contributed by atoms with E-state index in [-0.39, 0.29) is 5.69 Å². The number of aromatic carboxylic acids is 1. The Morgan fingerprint density at radius 2 is 1.81 bits per heavy atom. The summed E-state index contributed by atoms with van der Waals surface area (Å²) in [7, 11) is 0. The molecule has 1 aliphatic rings. The molecule has 1 aromatic heterocycles. The SMILES string of the molecule is Cc1ccc(-n2nc(C(=O)O)c(N3CCc4ccccc4C3)n2)cc1C. The zero-order valence-electron chi connectivity index (χ0n) is 14.8. The van der Waals surface area contributed by atoms with Crippen molar-refractivity contribution in [3.63, 3.8) is 0 Å². The summed E-state index contributed by atoms with van der Waals surface area (Å²) < 4.78 is 0. The quantitative estimate of drug-likeness (QED) is 0.787. The normalized spacial score (nSPS) is 13.5. The molecule has 6 nitrogen and oxygen atoms in total. The summed E-state index contributed by atoms with van der Waals surface area (Å²) in [6.07, 6.45) is 0.867. The van der Waals surface area contributed by atoms with Crippen molar-refractivity contribution >= 4 is 11.8 Å². The van der Waals surface area contributed by atoms with Crippen LogP contribution >= 0.6 is 0 Å². The second-order valence-corrected chi connectivity index (χ2v) is 6.68. The summed E-state index contributed by atoms with van der Waals surface area (Å²) in [6, 6.07) is 14.1. The molecule has 26 heavy (non-hydrogen) atoms. The van der Waals surface area contributed by atoms with E-state index in [0.717, 1.165) is 24.2 Å². The van der Waals surface area contributed by atoms with Crippen LogP contribution in [0.4, 0.5) is 5.82 Å². The predicted molar refractivity (Wildman–Crippen MR) is 99.0 cm³/mol. The molecule has 0 fully saturated rings. The minimum atomic E-state index is -1.06. The standard InChI is InChI=1S/C20H20N4O2/c1-13-7-8-17(11-14(13)2)24-21-18(20(25)26)19(22-24)23-10-9-15-5-3-4-6-16(15)12-23/h3-8,11H,9-10,12H2,1-2H3,(H,25,26). The summed E-state index contributed by atoms with van der Waals surface area (Å²) in [5.74, 6) is -0.640. The van der Waals surface area contributed by atoms with Gasteiger partial charge >= 0.3 is 5.97 Å². The summed E-state index contributed by atoms with van der Waals surface area (Å²) in [5, 5.41) is 18.4. The molecule has 0 bridgehead atoms. The molecule has 1 N–H and O–H groups in total. The Bertz CT molecular complexity index is 993. The van der Waals surface area contributed by atoms with E-state index in [2.05, 4.69) is 22.3 Å². The maximum atomic E-state index is 11.7. The zero-order chi connectivity index (χ0) is 18.3. The first-order valence-electron chi connectivity index (χ1n) is 8.63. The molecule has 6 heteroatoms. The van der Waals surface area contributed by atoms with Gasteiger partial charge in [-0.15, -0.1) is 15.0 Å². The Morgan fingerprint density at radius 1 is 1.04 bits per heavy atom. The molecule has 2 aromatic carbocycles. The van der Waals surface area contributed by atoms with E-state index >= 15 is 0 Å². The number of carboxylic acids is 1. The Balaban J connectivity index is 1.73. The first kappa shape index (κ1) is 16.3. The Hall–Kier alpha value is -3.15. The lowest BCUT2D eigenvalue weighted by molar-refractivity contribution is 0.0690. The minimum absolute atomic E-state index is 0.0115. The third-order valence-electron chi connectivity index (χ3n) is 4.95. The van der Waals surface area contributed by atoms with Gasteiger partial charge in [-0.05, 0) is 54.7 Å². The molecule has 2 heterocycles. The molecular weight excluding hydrogens is 328 g/mol. The van der Waals surface area contributed by atoms with Crippen molar-refractivity contribution in [1.82, 2.24) is 15.0 Å². The highest BCUT2D eigenvalue weighted by Crippen LogP contribution is 2.26. The molecule has 0 saturated carbocycles. The lowest BCUT2D eigenvalue weighted by atomic mass is 10.00. The summed E-state index contributed by atoms with van der Waals surface area (Å²) in [5.41, 5.74) is 5.55. The van der Waals surface area contributed by atoms with Gasteiger partial charge in [0, 0.05) is 13.1 Å². The fourth-order valence-corrected chi connectivity index (χ4v) is 3.29. The van der Waals surface area contributed by atoms with E-state index in [9.17, 15) is 9.90 Å². The van der Waals surface area contributed by atoms with Crippen molar-refractivity contribution in [2.45, 2.75) is 26.8 Å². The van der Waals surface area contributed by atoms with Crippen LogP contribution in [-0.2, 0) is 13.0 Å². The van der Waals surface area contributed by atoms with Gasteiger partial charge in [-0.25, -0.2) is 4.79 Å². The summed E-state index contributed by atoms with van der Waals surface area (Å²) in [4.78, 5) is 15.2. The molecule has 0 atom stereocenters. The second kappa shape index (κ2) is 6.29. The maximum Gasteiger partial charge on any atom is 0.360 e. The summed E-state index contributed by atoms with van der Waals surface area (Å²) >= 11 is 0. The molecule has 0 spiro atoms. The third kappa shape index (κ3) is 2.83. The molecule has 0 aliphatic carbocycles. The highest BCUT2D eigenvalue weighted by atomic mass is 16.4. The molecular formula is C20H20N4O2. The van der Waals surface area contributed by atoms with E-state index in [4.69, 9.17) is 0 Å². The van der Waals surface area contributed by atoms with E-state index in [1.54, 1.807) is 0 Å². The van der Waals surface area contributed by atoms with Gasteiger partial charge in [0.25, 0.3) is 0 Å². The van der Waals surface area contributed by atoms with Gasteiger partial charge in [0.15, 0.2) is 5.82 Å². The van der Waals surface area contributed by atoms with Gasteiger partial charge in [-0.1, -0.05) is 30.3 Å². The first-order chi connectivity index (χ1) is 12.5. The number of carbonyl (C=O) groups is 1. The number of anilines is 1. The smallest absolute Gasteiger partial charge is 0.360 e. The van der Waals surface area contributed by atoms with E-state index in [1.165, 1.54) is 21.5 Å². The number of benzene rings is 2. The van der Waals surface area contributed by atoms with Gasteiger partial charge in [-0.3, -0.25) is 0 Å². The van der Waals surface area contributed by atoms with Crippen molar-refractivity contribution < 1.29 is 9.90 Å². The number of carboxylic acid groups (broad SMARTS) is 1. The van der Waals surface area contributed by atoms with Gasteiger partial charge in [0.1, 0.15) is 0 Å². The topological polar surface area (TPSA) is 71.2 Å². The van der Waals surface area contributed by atoms with Crippen molar-refractivity contribution in [2.75, 3.05) is 11.4 Å². The Kier molecular flexibility index (Phi) is 3.95. The van der Waals surface area contributed by atoms with Crippen LogP contribution in [0.25, 0.3) is 5.69 Å². The van der Waals surface area contributed by atoms with Crippen LogP contribution in [-0.4, -0.2) is 32.6 Å². The van der Waals surface area contributed by atoms with E-state index in [0.29, 0.717) is 12.4 Å². The lowest BCUT2D eigenvalue weighted by Gasteiger charge is -2.28. The van der Waals surface area contributed by atoms with Gasteiger partial charge in [0.2, 0.25) is 5.69 Å². The molecule has 1 aliphatic heterocycles. The van der Waals surface area contributed by atoms with Crippen molar-refractivity contribution in [2.24, 2.45) is 0 Å².